The molecule has 0 spiro atoms. The summed E-state index contributed by atoms with van der Waals surface area (Å²) in [7, 11) is 0. The lowest BCUT2D eigenvalue weighted by molar-refractivity contribution is -0.143. The fourth-order valence-electron chi connectivity index (χ4n) is 5.64. The zero-order valence-corrected chi connectivity index (χ0v) is 17.8. The minimum atomic E-state index is -1.08. The van der Waals surface area contributed by atoms with E-state index in [1.54, 1.807) is 0 Å². The molecule has 4 saturated heterocycles. The van der Waals surface area contributed by atoms with E-state index >= 15 is 0 Å². The highest BCUT2D eigenvalue weighted by Gasteiger charge is 2.54. The predicted molar refractivity (Wildman–Crippen MR) is 121 cm³/mol. The fraction of sp³-hybridized carbons (Fsp3) is 0.462. The average molecular weight is 416 g/mol. The lowest BCUT2D eigenvalue weighted by Crippen LogP contribution is -2.63. The second kappa shape index (κ2) is 8.11. The molecule has 5 heteroatoms. The topological polar surface area (TPSA) is 56.7 Å². The number of hydrogen-bond donors (Lipinski definition) is 1. The minimum Gasteiger partial charge on any atom is -0.382 e. The van der Waals surface area contributed by atoms with Gasteiger partial charge in [0.1, 0.15) is 23.2 Å². The van der Waals surface area contributed by atoms with Crippen LogP contribution < -0.4 is 4.90 Å². The molecular formula is C26H29N3O2. The lowest BCUT2D eigenvalue weighted by Gasteiger charge is -2.54. The van der Waals surface area contributed by atoms with Gasteiger partial charge in [0.25, 0.3) is 0 Å². The van der Waals surface area contributed by atoms with Crippen molar-refractivity contribution in [2.24, 2.45) is 5.92 Å². The third-order valence-corrected chi connectivity index (χ3v) is 7.34. The maximum absolute atomic E-state index is 12.1. The molecule has 0 saturated carbocycles. The number of hydrogen-bond acceptors (Lipinski definition) is 5. The number of fused-ring (bicyclic) bond motifs is 3. The molecule has 31 heavy (non-hydrogen) atoms. The van der Waals surface area contributed by atoms with Gasteiger partial charge in [-0.2, -0.15) is 0 Å². The average Bonchev–Trinajstić information content (AvgIpc) is 2.81. The van der Waals surface area contributed by atoms with Crippen LogP contribution in [0.15, 0.2) is 42.5 Å². The minimum absolute atomic E-state index is 0.147. The Labute approximate surface area is 184 Å². The Bertz CT molecular complexity index is 997. The van der Waals surface area contributed by atoms with Crippen molar-refractivity contribution in [3.63, 3.8) is 0 Å². The van der Waals surface area contributed by atoms with Gasteiger partial charge in [-0.3, -0.25) is 9.69 Å². The summed E-state index contributed by atoms with van der Waals surface area (Å²) >= 11 is 0. The molecule has 2 atom stereocenters. The third-order valence-electron chi connectivity index (χ3n) is 7.34. The molecule has 1 aromatic heterocycles. The van der Waals surface area contributed by atoms with Gasteiger partial charge in [-0.1, -0.05) is 42.3 Å². The molecule has 1 N–H and O–H groups in total. The van der Waals surface area contributed by atoms with Crippen molar-refractivity contribution in [1.82, 2.24) is 9.88 Å². The molecule has 4 aliphatic heterocycles. The van der Waals surface area contributed by atoms with Crippen molar-refractivity contribution in [3.05, 3.63) is 59.3 Å². The van der Waals surface area contributed by atoms with Gasteiger partial charge in [-0.25, -0.2) is 4.98 Å². The van der Waals surface area contributed by atoms with Crippen molar-refractivity contribution in [2.45, 2.75) is 43.7 Å². The third kappa shape index (κ3) is 3.54. The maximum Gasteiger partial charge on any atom is 0.136 e. The van der Waals surface area contributed by atoms with Gasteiger partial charge >= 0.3 is 0 Å². The summed E-state index contributed by atoms with van der Waals surface area (Å²) in [4.78, 5) is 21.2. The van der Waals surface area contributed by atoms with Gasteiger partial charge in [0.05, 0.1) is 5.69 Å². The van der Waals surface area contributed by atoms with Gasteiger partial charge < -0.3 is 10.0 Å². The number of pyridine rings is 1. The van der Waals surface area contributed by atoms with E-state index < -0.39 is 5.60 Å². The summed E-state index contributed by atoms with van der Waals surface area (Å²) in [5.41, 5.74) is 1.82. The number of aliphatic hydroxyl groups is 1. The van der Waals surface area contributed by atoms with Crippen LogP contribution in [0.2, 0.25) is 0 Å². The maximum atomic E-state index is 12.1. The number of terminal acetylenes is 1. The van der Waals surface area contributed by atoms with Crippen molar-refractivity contribution >= 4 is 11.6 Å². The van der Waals surface area contributed by atoms with E-state index in [1.165, 1.54) is 0 Å². The second-order valence-corrected chi connectivity index (χ2v) is 9.06. The Morgan fingerprint density at radius 1 is 1.06 bits per heavy atom. The number of carbonyl (C=O) groups is 1. The van der Waals surface area contributed by atoms with E-state index in [9.17, 15) is 9.90 Å². The van der Waals surface area contributed by atoms with Crippen molar-refractivity contribution in [3.8, 4) is 12.3 Å². The van der Waals surface area contributed by atoms with Gasteiger partial charge in [0, 0.05) is 37.9 Å². The highest BCUT2D eigenvalue weighted by atomic mass is 16.3. The number of carbonyl (C=O) groups excluding carboxylic acids is 1. The SMILES string of the molecule is C#CC1N2CCC(CC2)C1(O)c1ccc(N2CCC(=O)CC2)nc1Cc1ccccc1. The Hall–Kier alpha value is -2.68. The first-order chi connectivity index (χ1) is 15.1. The molecule has 5 heterocycles. The first-order valence-corrected chi connectivity index (χ1v) is 11.3. The highest BCUT2D eigenvalue weighted by molar-refractivity contribution is 5.80. The van der Waals surface area contributed by atoms with Gasteiger partial charge in [-0.05, 0) is 43.5 Å². The van der Waals surface area contributed by atoms with Crippen molar-refractivity contribution < 1.29 is 9.90 Å². The number of piperidine rings is 4. The zero-order chi connectivity index (χ0) is 21.4. The number of Topliss-reactive ketones (excluding diaryl/α,β-unsaturated/α-hetero) is 1. The molecule has 4 fully saturated rings. The largest absolute Gasteiger partial charge is 0.382 e. The number of rotatable bonds is 4. The number of nitrogens with zero attached hydrogens (tertiary/aromatic N) is 3. The Morgan fingerprint density at radius 2 is 1.77 bits per heavy atom. The smallest absolute Gasteiger partial charge is 0.136 e. The summed E-state index contributed by atoms with van der Waals surface area (Å²) in [6, 6.07) is 14.0. The van der Waals surface area contributed by atoms with Crippen LogP contribution in [-0.2, 0) is 16.8 Å². The monoisotopic (exact) mass is 415 g/mol. The summed E-state index contributed by atoms with van der Waals surface area (Å²) in [6.07, 6.45) is 9.64. The van der Waals surface area contributed by atoms with Crippen LogP contribution in [-0.4, -0.2) is 53.0 Å². The first-order valence-electron chi connectivity index (χ1n) is 11.3. The Morgan fingerprint density at radius 3 is 2.45 bits per heavy atom. The Balaban J connectivity index is 1.57. The predicted octanol–water partition coefficient (Wildman–Crippen LogP) is 2.76. The van der Waals surface area contributed by atoms with Crippen LogP contribution in [0.1, 0.15) is 42.5 Å². The van der Waals surface area contributed by atoms with Gasteiger partial charge in [0.2, 0.25) is 0 Å². The van der Waals surface area contributed by atoms with Crippen LogP contribution in [0.3, 0.4) is 0 Å². The molecule has 6 rings (SSSR count). The van der Waals surface area contributed by atoms with Crippen molar-refractivity contribution in [2.75, 3.05) is 31.1 Å². The number of aromatic nitrogens is 1. The number of ketones is 1. The van der Waals surface area contributed by atoms with Crippen molar-refractivity contribution in [1.29, 1.82) is 0 Å². The molecule has 5 nitrogen and oxygen atoms in total. The zero-order valence-electron chi connectivity index (χ0n) is 17.8. The highest BCUT2D eigenvalue weighted by Crippen LogP contribution is 2.47. The lowest BCUT2D eigenvalue weighted by atomic mass is 9.66. The Kier molecular flexibility index (Phi) is 5.29. The quantitative estimate of drug-likeness (QED) is 0.779. The summed E-state index contributed by atoms with van der Waals surface area (Å²) < 4.78 is 0. The summed E-state index contributed by atoms with van der Waals surface area (Å²) in [6.45, 7) is 3.29. The molecule has 2 bridgehead atoms. The van der Waals surface area contributed by atoms with E-state index in [2.05, 4.69) is 27.9 Å². The molecule has 0 aliphatic carbocycles. The number of anilines is 1. The molecule has 0 amide bonds. The van der Waals surface area contributed by atoms with Gasteiger partial charge in [0.15, 0.2) is 0 Å². The van der Waals surface area contributed by atoms with Crippen LogP contribution in [0, 0.1) is 18.3 Å². The van der Waals surface area contributed by atoms with Crippen LogP contribution in [0.25, 0.3) is 0 Å². The molecule has 2 aromatic rings. The van der Waals surface area contributed by atoms with Crippen LogP contribution in [0.4, 0.5) is 5.82 Å². The van der Waals surface area contributed by atoms with E-state index in [4.69, 9.17) is 11.4 Å². The van der Waals surface area contributed by atoms with Crippen LogP contribution in [0.5, 0.6) is 0 Å². The molecular weight excluding hydrogens is 386 g/mol. The standard InChI is InChI=1S/C26H29N3O2/c1-2-24-26(31,20-10-14-28(24)15-11-20)22-8-9-25(29-16-12-21(30)13-17-29)27-23(22)18-19-6-4-3-5-7-19/h1,3-9,20,24,31H,10-18H2. The van der Waals surface area contributed by atoms with E-state index in [-0.39, 0.29) is 12.0 Å². The fourth-order valence-corrected chi connectivity index (χ4v) is 5.64. The van der Waals surface area contributed by atoms with E-state index in [1.807, 2.05) is 30.3 Å². The van der Waals surface area contributed by atoms with E-state index in [0.717, 1.165) is 48.6 Å². The van der Waals surface area contributed by atoms with Gasteiger partial charge in [-0.15, -0.1) is 6.42 Å². The first kappa shape index (κ1) is 20.2. The van der Waals surface area contributed by atoms with E-state index in [0.29, 0.717) is 38.1 Å². The molecule has 1 aromatic carbocycles. The summed E-state index contributed by atoms with van der Waals surface area (Å²) in [5, 5.41) is 12.1. The summed E-state index contributed by atoms with van der Waals surface area (Å²) in [5.74, 6) is 4.24. The van der Waals surface area contributed by atoms with Crippen LogP contribution >= 0.6 is 0 Å². The number of benzene rings is 1. The second-order valence-electron chi connectivity index (χ2n) is 9.06. The molecule has 0 radical (unpaired) electrons. The molecule has 160 valence electrons. The molecule has 2 unspecified atom stereocenters. The normalized spacial score (nSPS) is 30.3. The molecule has 4 aliphatic rings.